The van der Waals surface area contributed by atoms with Crippen molar-refractivity contribution in [2.75, 3.05) is 11.4 Å². The molecule has 8 heteroatoms. The van der Waals surface area contributed by atoms with Crippen molar-refractivity contribution in [3.63, 3.8) is 0 Å². The van der Waals surface area contributed by atoms with E-state index in [1.54, 1.807) is 30.5 Å². The Morgan fingerprint density at radius 2 is 1.62 bits per heavy atom. The number of para-hydroxylation sites is 1. The summed E-state index contributed by atoms with van der Waals surface area (Å²) in [4.78, 5) is 35.7. The molecule has 1 aliphatic rings. The predicted molar refractivity (Wildman–Crippen MR) is 121 cm³/mol. The van der Waals surface area contributed by atoms with Crippen LogP contribution in [0.1, 0.15) is 21.5 Å². The molecular weight excluding hydrogens is 410 g/mol. The molecule has 32 heavy (non-hydrogen) atoms. The van der Waals surface area contributed by atoms with Gasteiger partial charge in [0.05, 0.1) is 28.0 Å². The minimum Gasteiger partial charge on any atom is -0.340 e. The Morgan fingerprint density at radius 3 is 2.34 bits per heavy atom. The van der Waals surface area contributed by atoms with Crippen LogP contribution < -0.4 is 4.90 Å². The summed E-state index contributed by atoms with van der Waals surface area (Å²) < 4.78 is 0. The quantitative estimate of drug-likeness (QED) is 0.302. The number of fused-ring (bicyclic) bond motifs is 1. The molecule has 3 aromatic rings. The van der Waals surface area contributed by atoms with Gasteiger partial charge in [-0.25, -0.2) is 0 Å². The van der Waals surface area contributed by atoms with E-state index in [9.17, 15) is 25.0 Å². The molecular formula is C24H17N3O5. The molecule has 1 heterocycles. The first-order valence-electron chi connectivity index (χ1n) is 9.71. The number of Topliss-reactive ketones (excluding diaryl/α,β-unsaturated/α-hetero) is 1. The summed E-state index contributed by atoms with van der Waals surface area (Å²) in [5, 5.41) is 22.5. The number of non-ortho nitro benzene ring substituents is 1. The summed E-state index contributed by atoms with van der Waals surface area (Å²) in [6, 6.07) is 20.0. The number of nitro benzene ring substituents is 2. The van der Waals surface area contributed by atoms with E-state index < -0.39 is 9.85 Å². The largest absolute Gasteiger partial charge is 0.340 e. The molecule has 0 aromatic heterocycles. The van der Waals surface area contributed by atoms with Crippen molar-refractivity contribution in [3.8, 4) is 0 Å². The maximum atomic E-state index is 12.7. The summed E-state index contributed by atoms with van der Waals surface area (Å²) >= 11 is 0. The van der Waals surface area contributed by atoms with E-state index in [0.29, 0.717) is 11.1 Å². The second-order valence-electron chi connectivity index (χ2n) is 7.11. The number of carbonyl (C=O) groups is 1. The van der Waals surface area contributed by atoms with Crippen molar-refractivity contribution in [2.45, 2.75) is 0 Å². The number of nitrogens with zero attached hydrogens (tertiary/aromatic N) is 3. The highest BCUT2D eigenvalue weighted by Gasteiger charge is 2.22. The fourth-order valence-electron chi connectivity index (χ4n) is 3.54. The van der Waals surface area contributed by atoms with Crippen LogP contribution in [0.5, 0.6) is 0 Å². The highest BCUT2D eigenvalue weighted by atomic mass is 16.6. The number of nitro groups is 2. The number of ketones is 1. The molecule has 0 fully saturated rings. The fourth-order valence-corrected chi connectivity index (χ4v) is 3.54. The van der Waals surface area contributed by atoms with Crippen molar-refractivity contribution < 1.29 is 14.6 Å². The van der Waals surface area contributed by atoms with Gasteiger partial charge in [-0.3, -0.25) is 25.0 Å². The van der Waals surface area contributed by atoms with Crippen LogP contribution in [0, 0.1) is 20.2 Å². The number of allylic oxidation sites excluding steroid dienone is 2. The van der Waals surface area contributed by atoms with Gasteiger partial charge in [0.25, 0.3) is 11.4 Å². The first kappa shape index (κ1) is 20.7. The highest BCUT2D eigenvalue weighted by Crippen LogP contribution is 2.36. The molecule has 4 rings (SSSR count). The molecule has 0 unspecified atom stereocenters. The SMILES string of the molecule is O=C(CN1C=C/C(=C/c2ccc([N+](=O)[O-])cc2[N+](=O)[O-])c2ccccc21)c1ccccc1. The maximum absolute atomic E-state index is 12.7. The third-order valence-corrected chi connectivity index (χ3v) is 5.10. The zero-order valence-corrected chi connectivity index (χ0v) is 16.8. The fraction of sp³-hybridized carbons (Fsp3) is 0.0417. The number of hydrogen-bond acceptors (Lipinski definition) is 6. The average Bonchev–Trinajstić information content (AvgIpc) is 2.81. The van der Waals surface area contributed by atoms with E-state index in [-0.39, 0.29) is 29.3 Å². The molecule has 0 atom stereocenters. The van der Waals surface area contributed by atoms with E-state index in [4.69, 9.17) is 0 Å². The van der Waals surface area contributed by atoms with E-state index in [1.165, 1.54) is 12.1 Å². The zero-order valence-electron chi connectivity index (χ0n) is 16.8. The number of benzene rings is 3. The first-order valence-corrected chi connectivity index (χ1v) is 9.71. The van der Waals surface area contributed by atoms with Crippen LogP contribution in [0.3, 0.4) is 0 Å². The summed E-state index contributed by atoms with van der Waals surface area (Å²) in [6.45, 7) is 0.141. The summed E-state index contributed by atoms with van der Waals surface area (Å²) in [7, 11) is 0. The molecule has 0 amide bonds. The van der Waals surface area contributed by atoms with Gasteiger partial charge < -0.3 is 4.90 Å². The normalized spacial score (nSPS) is 13.6. The topological polar surface area (TPSA) is 107 Å². The van der Waals surface area contributed by atoms with E-state index in [0.717, 1.165) is 17.3 Å². The lowest BCUT2D eigenvalue weighted by Crippen LogP contribution is -2.27. The third-order valence-electron chi connectivity index (χ3n) is 5.10. The average molecular weight is 427 g/mol. The monoisotopic (exact) mass is 427 g/mol. The van der Waals surface area contributed by atoms with Gasteiger partial charge in [0, 0.05) is 29.1 Å². The van der Waals surface area contributed by atoms with Crippen LogP contribution in [0.2, 0.25) is 0 Å². The van der Waals surface area contributed by atoms with Gasteiger partial charge in [0.2, 0.25) is 0 Å². The molecule has 0 radical (unpaired) electrons. The lowest BCUT2D eigenvalue weighted by Gasteiger charge is -2.27. The molecule has 0 N–H and O–H groups in total. The minimum atomic E-state index is -0.665. The number of rotatable bonds is 6. The Balaban J connectivity index is 1.70. The predicted octanol–water partition coefficient (Wildman–Crippen LogP) is 5.26. The van der Waals surface area contributed by atoms with Crippen molar-refractivity contribution in [2.24, 2.45) is 0 Å². The van der Waals surface area contributed by atoms with Gasteiger partial charge >= 0.3 is 0 Å². The van der Waals surface area contributed by atoms with E-state index in [2.05, 4.69) is 0 Å². The molecule has 0 bridgehead atoms. The van der Waals surface area contributed by atoms with Gasteiger partial charge in [-0.1, -0.05) is 48.5 Å². The van der Waals surface area contributed by atoms with Crippen molar-refractivity contribution in [3.05, 3.63) is 122 Å². The summed E-state index contributed by atoms with van der Waals surface area (Å²) in [5.74, 6) is -0.0384. The van der Waals surface area contributed by atoms with Crippen LogP contribution in [0.15, 0.2) is 85.1 Å². The Hall–Kier alpha value is -4.59. The Kier molecular flexibility index (Phi) is 5.59. The van der Waals surface area contributed by atoms with Crippen LogP contribution in [-0.2, 0) is 0 Å². The lowest BCUT2D eigenvalue weighted by atomic mass is 9.96. The molecule has 0 saturated carbocycles. The Bertz CT molecular complexity index is 1280. The van der Waals surface area contributed by atoms with E-state index in [1.807, 2.05) is 47.4 Å². The molecule has 0 spiro atoms. The van der Waals surface area contributed by atoms with Crippen molar-refractivity contribution >= 4 is 34.5 Å². The van der Waals surface area contributed by atoms with Crippen LogP contribution >= 0.6 is 0 Å². The minimum absolute atomic E-state index is 0.0384. The van der Waals surface area contributed by atoms with Gasteiger partial charge in [0.1, 0.15) is 0 Å². The van der Waals surface area contributed by atoms with Gasteiger partial charge in [-0.05, 0) is 29.9 Å². The molecule has 0 saturated heterocycles. The summed E-state index contributed by atoms with van der Waals surface area (Å²) in [5.41, 5.74) is 2.45. The smallest absolute Gasteiger partial charge is 0.283 e. The maximum Gasteiger partial charge on any atom is 0.283 e. The van der Waals surface area contributed by atoms with Crippen LogP contribution in [0.25, 0.3) is 11.6 Å². The van der Waals surface area contributed by atoms with Gasteiger partial charge in [0.15, 0.2) is 5.78 Å². The Labute approximate surface area is 183 Å². The molecule has 3 aromatic carbocycles. The molecule has 158 valence electrons. The van der Waals surface area contributed by atoms with Crippen molar-refractivity contribution in [1.82, 2.24) is 0 Å². The third kappa shape index (κ3) is 4.15. The Morgan fingerprint density at radius 1 is 0.906 bits per heavy atom. The highest BCUT2D eigenvalue weighted by molar-refractivity contribution is 6.02. The van der Waals surface area contributed by atoms with Crippen LogP contribution in [0.4, 0.5) is 17.1 Å². The lowest BCUT2D eigenvalue weighted by molar-refractivity contribution is -0.394. The number of carbonyl (C=O) groups excluding carboxylic acids is 1. The van der Waals surface area contributed by atoms with Gasteiger partial charge in [-0.15, -0.1) is 0 Å². The molecule has 1 aliphatic heterocycles. The second-order valence-corrected chi connectivity index (χ2v) is 7.11. The first-order chi connectivity index (χ1) is 15.4. The van der Waals surface area contributed by atoms with Gasteiger partial charge in [-0.2, -0.15) is 0 Å². The number of hydrogen-bond donors (Lipinski definition) is 0. The molecule has 8 nitrogen and oxygen atoms in total. The van der Waals surface area contributed by atoms with Crippen molar-refractivity contribution in [1.29, 1.82) is 0 Å². The standard InChI is InChI=1S/C24H17N3O5/c28-24(17-6-2-1-3-7-17)16-25-13-12-18(21-8-4-5-9-22(21)25)14-19-10-11-20(26(29)30)15-23(19)27(31)32/h1-15H,16H2/b18-14-. The second kappa shape index (κ2) is 8.65. The zero-order chi connectivity index (χ0) is 22.7. The van der Waals surface area contributed by atoms with Crippen LogP contribution in [-0.4, -0.2) is 22.2 Å². The summed E-state index contributed by atoms with van der Waals surface area (Å²) in [6.07, 6.45) is 5.14. The van der Waals surface area contributed by atoms with E-state index >= 15 is 0 Å². The molecule has 0 aliphatic carbocycles. The number of anilines is 1.